The second-order valence-corrected chi connectivity index (χ2v) is 10.8. The molecule has 0 radical (unpaired) electrons. The van der Waals surface area contributed by atoms with Gasteiger partial charge in [-0.15, -0.1) is 0 Å². The lowest BCUT2D eigenvalue weighted by molar-refractivity contribution is -0.141. The molecular formula is C34H30F6N2O4. The highest BCUT2D eigenvalue weighted by Gasteiger charge is 2.35. The molecule has 1 saturated carbocycles. The largest absolute Gasteiger partial charge is 0.496 e. The van der Waals surface area contributed by atoms with Crippen molar-refractivity contribution in [2.24, 2.45) is 5.92 Å². The molecule has 12 heteroatoms. The molecule has 3 aromatic carbocycles. The zero-order valence-corrected chi connectivity index (χ0v) is 24.7. The van der Waals surface area contributed by atoms with Gasteiger partial charge in [0.1, 0.15) is 11.4 Å². The maximum Gasteiger partial charge on any atom is 0.433 e. The summed E-state index contributed by atoms with van der Waals surface area (Å²) in [5, 5.41) is 26.8. The summed E-state index contributed by atoms with van der Waals surface area (Å²) in [6.07, 6.45) is -6.86. The molecule has 1 aromatic heterocycles. The van der Waals surface area contributed by atoms with Gasteiger partial charge in [0, 0.05) is 23.4 Å². The lowest BCUT2D eigenvalue weighted by Crippen LogP contribution is -2.17. The van der Waals surface area contributed by atoms with E-state index in [1.165, 1.54) is 31.4 Å². The van der Waals surface area contributed by atoms with Crippen LogP contribution in [0.2, 0.25) is 0 Å². The van der Waals surface area contributed by atoms with Crippen LogP contribution in [0.3, 0.4) is 0 Å². The Labute approximate surface area is 260 Å². The van der Waals surface area contributed by atoms with Crippen LogP contribution in [0.25, 0.3) is 22.3 Å². The van der Waals surface area contributed by atoms with Crippen molar-refractivity contribution in [2.75, 3.05) is 7.11 Å². The van der Waals surface area contributed by atoms with Crippen LogP contribution in [-0.2, 0) is 12.4 Å². The molecule has 1 aliphatic carbocycles. The van der Waals surface area contributed by atoms with Crippen molar-refractivity contribution in [2.45, 2.75) is 44.6 Å². The first-order chi connectivity index (χ1) is 21.6. The van der Waals surface area contributed by atoms with Crippen molar-refractivity contribution < 1.29 is 46.1 Å². The molecule has 46 heavy (non-hydrogen) atoms. The van der Waals surface area contributed by atoms with E-state index in [0.717, 1.165) is 47.5 Å². The molecule has 0 bridgehead atoms. The summed E-state index contributed by atoms with van der Waals surface area (Å²) in [6, 6.07) is 17.3. The zero-order chi connectivity index (χ0) is 33.8. The smallest absolute Gasteiger partial charge is 0.433 e. The third-order valence-electron chi connectivity index (χ3n) is 7.71. The minimum Gasteiger partial charge on any atom is -0.496 e. The number of aryl methyl sites for hydroxylation is 1. The van der Waals surface area contributed by atoms with Gasteiger partial charge in [0.05, 0.1) is 24.3 Å². The lowest BCUT2D eigenvalue weighted by Gasteiger charge is -2.19. The first-order valence-corrected chi connectivity index (χ1v) is 14.1. The van der Waals surface area contributed by atoms with Gasteiger partial charge in [-0.3, -0.25) is 4.98 Å². The van der Waals surface area contributed by atoms with Crippen molar-refractivity contribution in [3.05, 3.63) is 107 Å². The monoisotopic (exact) mass is 644 g/mol. The number of aromatic carboxylic acids is 1. The molecule has 3 N–H and O–H groups in total. The van der Waals surface area contributed by atoms with E-state index in [1.54, 1.807) is 18.2 Å². The Morgan fingerprint density at radius 1 is 0.913 bits per heavy atom. The topological polar surface area (TPSA) is 104 Å². The summed E-state index contributed by atoms with van der Waals surface area (Å²) in [5.74, 6) is -0.841. The normalized spacial score (nSPS) is 15.6. The molecular weight excluding hydrogens is 614 g/mol. The van der Waals surface area contributed by atoms with Crippen molar-refractivity contribution >= 4 is 11.7 Å². The number of pyridine rings is 1. The second-order valence-electron chi connectivity index (χ2n) is 10.8. The van der Waals surface area contributed by atoms with Crippen LogP contribution < -0.4 is 4.74 Å². The van der Waals surface area contributed by atoms with E-state index in [4.69, 9.17) is 15.3 Å². The third-order valence-corrected chi connectivity index (χ3v) is 7.71. The highest BCUT2D eigenvalue weighted by molar-refractivity contribution is 5.89. The van der Waals surface area contributed by atoms with Gasteiger partial charge in [0.2, 0.25) is 0 Å². The van der Waals surface area contributed by atoms with Gasteiger partial charge in [0.15, 0.2) is 0 Å². The van der Waals surface area contributed by atoms with Crippen LogP contribution in [-0.4, -0.2) is 34.0 Å². The number of alkyl halides is 6. The number of halogens is 6. The van der Waals surface area contributed by atoms with E-state index < -0.39 is 35.7 Å². The molecule has 6 nitrogen and oxygen atoms in total. The minimum absolute atomic E-state index is 0.175. The highest BCUT2D eigenvalue weighted by atomic mass is 19.4. The van der Waals surface area contributed by atoms with E-state index in [1.807, 2.05) is 19.1 Å². The summed E-state index contributed by atoms with van der Waals surface area (Å²) in [4.78, 5) is 14.4. The van der Waals surface area contributed by atoms with Crippen LogP contribution in [0, 0.1) is 18.3 Å². The number of aliphatic hydroxyl groups is 1. The molecule has 1 heterocycles. The highest BCUT2D eigenvalue weighted by Crippen LogP contribution is 2.38. The Kier molecular flexibility index (Phi) is 10.2. The third kappa shape index (κ3) is 7.92. The van der Waals surface area contributed by atoms with E-state index in [2.05, 4.69) is 4.98 Å². The summed E-state index contributed by atoms with van der Waals surface area (Å²) < 4.78 is 81.3. The molecule has 0 aliphatic heterocycles. The van der Waals surface area contributed by atoms with E-state index in [9.17, 15) is 36.2 Å². The maximum atomic E-state index is 12.8. The molecule has 5 rings (SSSR count). The van der Waals surface area contributed by atoms with Gasteiger partial charge >= 0.3 is 18.3 Å². The molecule has 4 aromatic rings. The fourth-order valence-corrected chi connectivity index (χ4v) is 5.30. The predicted molar refractivity (Wildman–Crippen MR) is 160 cm³/mol. The Morgan fingerprint density at radius 3 is 2.13 bits per heavy atom. The van der Waals surface area contributed by atoms with Crippen LogP contribution in [0.1, 0.15) is 58.1 Å². The number of carbonyl (C=O) groups is 1. The summed E-state index contributed by atoms with van der Waals surface area (Å²) >= 11 is 0. The molecule has 1 aliphatic rings. The van der Waals surface area contributed by atoms with Gasteiger partial charge in [-0.05, 0) is 103 Å². The molecule has 0 saturated heterocycles. The fraction of sp³-hybridized carbons (Fsp3) is 0.265. The fourth-order valence-electron chi connectivity index (χ4n) is 5.30. The Morgan fingerprint density at radius 2 is 1.59 bits per heavy atom. The lowest BCUT2D eigenvalue weighted by atomic mass is 9.93. The maximum absolute atomic E-state index is 12.8. The Hall–Kier alpha value is -4.71. The number of methoxy groups -OCH3 is 1. The number of benzene rings is 3. The average Bonchev–Trinajstić information content (AvgIpc) is 3.45. The predicted octanol–water partition coefficient (Wildman–Crippen LogP) is 9.01. The van der Waals surface area contributed by atoms with Gasteiger partial charge in [-0.25, -0.2) is 4.79 Å². The molecule has 2 atom stereocenters. The van der Waals surface area contributed by atoms with Crippen molar-refractivity contribution in [1.82, 2.24) is 4.98 Å². The number of aliphatic hydroxyl groups excluding tert-OH is 1. The van der Waals surface area contributed by atoms with Crippen molar-refractivity contribution in [1.29, 1.82) is 5.41 Å². The van der Waals surface area contributed by atoms with E-state index >= 15 is 0 Å². The first-order valence-electron chi connectivity index (χ1n) is 14.1. The second kappa shape index (κ2) is 13.7. The van der Waals surface area contributed by atoms with E-state index in [0.29, 0.717) is 35.4 Å². The molecule has 1 fully saturated rings. The summed E-state index contributed by atoms with van der Waals surface area (Å²) in [7, 11) is 1.50. The number of rotatable bonds is 6. The van der Waals surface area contributed by atoms with E-state index in [-0.39, 0.29) is 17.0 Å². The van der Waals surface area contributed by atoms with Crippen LogP contribution in [0.4, 0.5) is 26.3 Å². The van der Waals surface area contributed by atoms with Gasteiger partial charge in [-0.1, -0.05) is 24.3 Å². The van der Waals surface area contributed by atoms with Gasteiger partial charge in [0.25, 0.3) is 0 Å². The standard InChI is InChI=1S/C22H17F3O3.C12H13F3N2O/c1-13-11-16(21(26)27)5-9-18(13)15-6-10-20(28-2)19(12-15)14-3-7-17(8-4-14)22(23,24)25;13-12(14,15)10-6-7(4-5-17-10)11(18)8-2-1-3-9(8)16/h3-12H,1-2H3,(H,26,27);4-6,8,11,16,18H,1-3H2. The number of hydrogen-bond acceptors (Lipinski definition) is 5. The molecule has 0 amide bonds. The van der Waals surface area contributed by atoms with Gasteiger partial charge in [-0.2, -0.15) is 26.3 Å². The van der Waals surface area contributed by atoms with Crippen LogP contribution >= 0.6 is 0 Å². The zero-order valence-electron chi connectivity index (χ0n) is 24.7. The quantitative estimate of drug-likeness (QED) is 0.182. The average molecular weight is 645 g/mol. The van der Waals surface area contributed by atoms with Crippen molar-refractivity contribution in [3.8, 4) is 28.0 Å². The number of carboxylic acids is 1. The molecule has 0 spiro atoms. The summed E-state index contributed by atoms with van der Waals surface area (Å²) in [6.45, 7) is 1.81. The number of nitrogens with one attached hydrogen (secondary N) is 1. The van der Waals surface area contributed by atoms with Crippen molar-refractivity contribution in [3.63, 3.8) is 0 Å². The Bertz CT molecular complexity index is 1720. The number of hydrogen-bond donors (Lipinski definition) is 3. The molecule has 242 valence electrons. The SMILES string of the molecule is COc1ccc(-c2ccc(C(=O)O)cc2C)cc1-c1ccc(C(F)(F)F)cc1.N=C1CCCC1C(O)c1ccnc(C(F)(F)F)c1. The molecule has 2 unspecified atom stereocenters. The first kappa shape index (κ1) is 34.2. The van der Waals surface area contributed by atoms with Crippen LogP contribution in [0.15, 0.2) is 79.0 Å². The number of ether oxygens (including phenoxy) is 1. The van der Waals surface area contributed by atoms with Gasteiger partial charge < -0.3 is 20.4 Å². The number of nitrogens with zero attached hydrogens (tertiary/aromatic N) is 1. The number of carboxylic acid groups (broad SMARTS) is 1. The minimum atomic E-state index is -4.51. The summed E-state index contributed by atoms with van der Waals surface area (Å²) in [5.41, 5.74) is 2.71. The number of aromatic nitrogens is 1. The Balaban J connectivity index is 0.000000230. The van der Waals surface area contributed by atoms with Crippen LogP contribution in [0.5, 0.6) is 5.75 Å².